The van der Waals surface area contributed by atoms with Gasteiger partial charge in [0.2, 0.25) is 0 Å². The van der Waals surface area contributed by atoms with Gasteiger partial charge in [0.05, 0.1) is 28.7 Å². The van der Waals surface area contributed by atoms with E-state index in [1.807, 2.05) is 44.2 Å². The Morgan fingerprint density at radius 3 is 2.05 bits per heavy atom. The Hall–Kier alpha value is -4.21. The first-order chi connectivity index (χ1) is 17.9. The van der Waals surface area contributed by atoms with E-state index in [1.54, 1.807) is 30.4 Å². The van der Waals surface area contributed by atoms with Crippen molar-refractivity contribution in [2.45, 2.75) is 24.2 Å². The van der Waals surface area contributed by atoms with Crippen LogP contribution < -0.4 is 10.5 Å². The minimum Gasteiger partial charge on any atom is -0.507 e. The first-order valence-corrected chi connectivity index (χ1v) is 13.3. The first kappa shape index (κ1) is 25.4. The predicted octanol–water partition coefficient (Wildman–Crippen LogP) is 5.08. The van der Waals surface area contributed by atoms with Gasteiger partial charge in [0.25, 0.3) is 10.1 Å². The van der Waals surface area contributed by atoms with Gasteiger partial charge < -0.3 is 15.6 Å². The van der Waals surface area contributed by atoms with Gasteiger partial charge in [-0.25, -0.2) is 0 Å². The van der Waals surface area contributed by atoms with Crippen molar-refractivity contribution in [2.24, 2.45) is 11.8 Å². The van der Waals surface area contributed by atoms with Crippen LogP contribution in [0.15, 0.2) is 83.8 Å². The molecule has 0 saturated heterocycles. The zero-order valence-corrected chi connectivity index (χ0v) is 21.4. The lowest BCUT2D eigenvalue weighted by Gasteiger charge is -2.30. The van der Waals surface area contributed by atoms with E-state index in [1.165, 1.54) is 12.1 Å². The fourth-order valence-corrected chi connectivity index (χ4v) is 5.65. The average Bonchev–Trinajstić information content (AvgIpc) is 2.89. The summed E-state index contributed by atoms with van der Waals surface area (Å²) >= 11 is 0. The molecule has 0 aliphatic heterocycles. The Morgan fingerprint density at radius 1 is 0.842 bits per heavy atom. The molecule has 4 N–H and O–H groups in total. The van der Waals surface area contributed by atoms with Crippen LogP contribution in [0.25, 0.3) is 0 Å². The smallest absolute Gasteiger partial charge is 0.298 e. The molecular weight excluding hydrogens is 506 g/mol. The van der Waals surface area contributed by atoms with Gasteiger partial charge in [0, 0.05) is 11.5 Å². The van der Waals surface area contributed by atoms with Crippen LogP contribution >= 0.6 is 0 Å². The number of nitrogen functional groups attached to an aromatic ring is 1. The molecule has 3 aromatic rings. The molecule has 0 spiro atoms. The average molecular weight is 532 g/mol. The van der Waals surface area contributed by atoms with Gasteiger partial charge >= 0.3 is 0 Å². The summed E-state index contributed by atoms with van der Waals surface area (Å²) in [5.74, 6) is -3.44. The molecule has 3 aromatic carbocycles. The quantitative estimate of drug-likeness (QED) is 0.235. The van der Waals surface area contributed by atoms with E-state index < -0.39 is 49.6 Å². The van der Waals surface area contributed by atoms with Gasteiger partial charge in [-0.1, -0.05) is 74.5 Å². The van der Waals surface area contributed by atoms with Crippen LogP contribution in [-0.4, -0.2) is 29.6 Å². The number of hydrogen-bond acceptors (Lipinski definition) is 7. The predicted molar refractivity (Wildman–Crippen MR) is 141 cm³/mol. The fourth-order valence-electron chi connectivity index (χ4n) is 5.01. The number of fused-ring (bicyclic) bond motifs is 2. The number of allylic oxidation sites excluding steroid dienone is 4. The van der Waals surface area contributed by atoms with E-state index in [0.717, 1.165) is 11.6 Å². The van der Waals surface area contributed by atoms with Crippen LogP contribution in [0.5, 0.6) is 17.2 Å². The summed E-state index contributed by atoms with van der Waals surface area (Å²) in [6.07, 6.45) is 6.52. The number of aromatic hydroxyl groups is 1. The van der Waals surface area contributed by atoms with Gasteiger partial charge in [-0.2, -0.15) is 8.42 Å². The van der Waals surface area contributed by atoms with Crippen molar-refractivity contribution in [1.29, 1.82) is 0 Å². The van der Waals surface area contributed by atoms with Gasteiger partial charge in [-0.05, 0) is 23.3 Å². The summed E-state index contributed by atoms with van der Waals surface area (Å²) in [6, 6.07) is 14.8. The molecule has 8 nitrogen and oxygen atoms in total. The largest absolute Gasteiger partial charge is 0.507 e. The number of carbonyl (C=O) groups excluding carboxylic acids is 2. The second kappa shape index (κ2) is 8.97. The molecule has 0 saturated carbocycles. The maximum Gasteiger partial charge on any atom is 0.298 e. The molecule has 5 rings (SSSR count). The zero-order chi connectivity index (χ0) is 27.4. The number of phenols is 1. The maximum atomic E-state index is 13.3. The summed E-state index contributed by atoms with van der Waals surface area (Å²) in [7, 11) is -4.76. The van der Waals surface area contributed by atoms with E-state index in [2.05, 4.69) is 0 Å². The van der Waals surface area contributed by atoms with Crippen molar-refractivity contribution in [3.8, 4) is 17.2 Å². The molecule has 2 atom stereocenters. The monoisotopic (exact) mass is 531 g/mol. The Labute approximate surface area is 219 Å². The summed E-state index contributed by atoms with van der Waals surface area (Å²) in [5.41, 5.74) is 6.57. The van der Waals surface area contributed by atoms with Gasteiger partial charge in [-0.3, -0.25) is 14.1 Å². The number of anilines is 1. The van der Waals surface area contributed by atoms with E-state index in [-0.39, 0.29) is 28.3 Å². The van der Waals surface area contributed by atoms with Crippen molar-refractivity contribution in [3.05, 3.63) is 101 Å². The van der Waals surface area contributed by atoms with Gasteiger partial charge in [0.15, 0.2) is 17.3 Å². The molecule has 0 fully saturated rings. The van der Waals surface area contributed by atoms with Crippen LogP contribution in [0.2, 0.25) is 0 Å². The number of ketones is 2. The van der Waals surface area contributed by atoms with Gasteiger partial charge in [-0.15, -0.1) is 0 Å². The van der Waals surface area contributed by atoms with E-state index in [4.69, 9.17) is 10.5 Å². The molecule has 2 unspecified atom stereocenters. The number of phenolic OH excluding ortho intramolecular Hbond substituents is 1. The summed E-state index contributed by atoms with van der Waals surface area (Å²) in [4.78, 5) is 25.8. The Morgan fingerprint density at radius 2 is 1.45 bits per heavy atom. The Kier molecular flexibility index (Phi) is 6.00. The number of rotatable bonds is 5. The number of Topliss-reactive ketones (excluding diaryl/α,β-unsaturated/α-hetero) is 2. The second-order valence-electron chi connectivity index (χ2n) is 9.84. The van der Waals surface area contributed by atoms with E-state index in [9.17, 15) is 27.7 Å². The molecule has 0 amide bonds. The molecule has 194 valence electrons. The third-order valence-corrected chi connectivity index (χ3v) is 8.08. The number of hydrogen-bond donors (Lipinski definition) is 3. The number of nitrogens with two attached hydrogens (primary N) is 1. The third-order valence-electron chi connectivity index (χ3n) is 7.20. The Balaban J connectivity index is 1.60. The molecule has 0 radical (unpaired) electrons. The fraction of sp³-hybridized carbons (Fsp3) is 0.172. The zero-order valence-electron chi connectivity index (χ0n) is 20.6. The summed E-state index contributed by atoms with van der Waals surface area (Å²) in [5, 5.41) is 10.7. The van der Waals surface area contributed by atoms with E-state index in [0.29, 0.717) is 5.56 Å². The molecule has 9 heteroatoms. The molecule has 0 heterocycles. The normalized spacial score (nSPS) is 18.7. The van der Waals surface area contributed by atoms with Crippen molar-refractivity contribution in [1.82, 2.24) is 0 Å². The second-order valence-corrected chi connectivity index (χ2v) is 11.2. The minimum atomic E-state index is -4.76. The maximum absolute atomic E-state index is 13.3. The minimum absolute atomic E-state index is 0.179. The van der Waals surface area contributed by atoms with Crippen LogP contribution in [0, 0.1) is 11.8 Å². The lowest BCUT2D eigenvalue weighted by atomic mass is 9.71. The highest BCUT2D eigenvalue weighted by atomic mass is 32.2. The first-order valence-electron chi connectivity index (χ1n) is 11.9. The lowest BCUT2D eigenvalue weighted by molar-refractivity contribution is 0.0799. The van der Waals surface area contributed by atoms with Crippen LogP contribution in [0.1, 0.15) is 45.7 Å². The van der Waals surface area contributed by atoms with Crippen LogP contribution in [0.3, 0.4) is 0 Å². The summed E-state index contributed by atoms with van der Waals surface area (Å²) in [6.45, 7) is 3.83. The van der Waals surface area contributed by atoms with Crippen molar-refractivity contribution in [2.75, 3.05) is 5.73 Å². The van der Waals surface area contributed by atoms with Crippen molar-refractivity contribution in [3.63, 3.8) is 0 Å². The third kappa shape index (κ3) is 4.09. The molecule has 2 aliphatic rings. The number of carbonyl (C=O) groups is 2. The molecule has 2 aliphatic carbocycles. The molecule has 0 aromatic heterocycles. The number of ether oxygens (including phenoxy) is 1. The number of benzene rings is 3. The molecule has 38 heavy (non-hydrogen) atoms. The molecule has 0 bridgehead atoms. The highest BCUT2D eigenvalue weighted by Crippen LogP contribution is 2.46. The van der Waals surface area contributed by atoms with Crippen LogP contribution in [0.4, 0.5) is 5.69 Å². The highest BCUT2D eigenvalue weighted by molar-refractivity contribution is 7.86. The SMILES string of the molecule is CC(C)(c1ccccc1)c1ccc(Oc2cc(O)c3c(c2N)C(=O)C2C=CC=CC2C3=O)c(S(=O)(=O)O)c1. The standard InChI is InChI=1S/C29H25NO7S/c1-29(2,16-8-4-3-5-9-16)17-12-13-21(23(14-17)38(34,35)36)37-22-15-20(31)24-25(26(22)30)28(33)19-11-7-6-10-18(19)27(24)32/h3-15,18-19,31H,30H2,1-2H3,(H,34,35,36). The highest BCUT2D eigenvalue weighted by Gasteiger charge is 2.43. The van der Waals surface area contributed by atoms with E-state index >= 15 is 0 Å². The van der Waals surface area contributed by atoms with Gasteiger partial charge in [0.1, 0.15) is 16.4 Å². The lowest BCUT2D eigenvalue weighted by Crippen LogP contribution is -2.36. The molecular formula is C29H25NO7S. The van der Waals surface area contributed by atoms with Crippen molar-refractivity contribution < 1.29 is 32.4 Å². The topological polar surface area (TPSA) is 144 Å². The Bertz CT molecular complexity index is 1650. The summed E-state index contributed by atoms with van der Waals surface area (Å²) < 4.78 is 40.6. The van der Waals surface area contributed by atoms with Crippen molar-refractivity contribution >= 4 is 27.4 Å². The van der Waals surface area contributed by atoms with Crippen LogP contribution in [-0.2, 0) is 15.5 Å².